The van der Waals surface area contributed by atoms with Crippen molar-refractivity contribution in [1.82, 2.24) is 20.3 Å². The van der Waals surface area contributed by atoms with E-state index in [1.54, 1.807) is 28.9 Å². The number of carbonyl (C=O) groups excluding carboxylic acids is 1. The van der Waals surface area contributed by atoms with Crippen molar-refractivity contribution in [2.75, 3.05) is 23.7 Å². The topological polar surface area (TPSA) is 91.8 Å². The van der Waals surface area contributed by atoms with Crippen LogP contribution in [0.1, 0.15) is 0 Å². The van der Waals surface area contributed by atoms with Crippen LogP contribution in [-0.4, -0.2) is 34.1 Å². The van der Waals surface area contributed by atoms with Gasteiger partial charge >= 0.3 is 6.03 Å². The van der Waals surface area contributed by atoms with E-state index in [9.17, 15) is 4.79 Å². The van der Waals surface area contributed by atoms with Gasteiger partial charge in [-0.15, -0.1) is 22.7 Å². The molecule has 136 valence electrons. The quantitative estimate of drug-likeness (QED) is 0.428. The highest BCUT2D eigenvalue weighted by Crippen LogP contribution is 2.32. The van der Waals surface area contributed by atoms with Crippen LogP contribution in [0.25, 0.3) is 20.9 Å². The Balaban J connectivity index is 1.36. The van der Waals surface area contributed by atoms with E-state index in [0.717, 1.165) is 26.6 Å². The molecule has 3 aromatic heterocycles. The maximum Gasteiger partial charge on any atom is 0.319 e. The van der Waals surface area contributed by atoms with Gasteiger partial charge in [-0.3, -0.25) is 0 Å². The fraction of sp³-hybridized carbons (Fsp3) is 0.111. The summed E-state index contributed by atoms with van der Waals surface area (Å²) in [5.41, 5.74) is 2.47. The zero-order valence-electron chi connectivity index (χ0n) is 14.2. The second kappa shape index (κ2) is 8.11. The van der Waals surface area contributed by atoms with Crippen LogP contribution in [0.5, 0.6) is 0 Å². The lowest BCUT2D eigenvalue weighted by molar-refractivity contribution is 0.252. The first-order chi connectivity index (χ1) is 13.3. The molecule has 4 aromatic rings. The molecule has 0 saturated carbocycles. The van der Waals surface area contributed by atoms with Gasteiger partial charge in [-0.25, -0.2) is 19.7 Å². The smallest absolute Gasteiger partial charge is 0.319 e. The van der Waals surface area contributed by atoms with Crippen LogP contribution >= 0.6 is 22.7 Å². The van der Waals surface area contributed by atoms with Gasteiger partial charge in [0.1, 0.15) is 10.7 Å². The number of thiophene rings is 1. The predicted molar refractivity (Wildman–Crippen MR) is 110 cm³/mol. The molecule has 1 aromatic carbocycles. The summed E-state index contributed by atoms with van der Waals surface area (Å²) in [5, 5.41) is 13.5. The molecular formula is C18H16N6OS2. The molecule has 0 spiro atoms. The van der Waals surface area contributed by atoms with Crippen LogP contribution < -0.4 is 16.0 Å². The molecule has 0 fully saturated rings. The van der Waals surface area contributed by atoms with Crippen LogP contribution in [0.3, 0.4) is 0 Å². The standard InChI is InChI=1S/C18H16N6OS2/c25-18(22-12-4-2-1-3-5-12)21-8-7-20-17-23-13-6-10-26-15(13)14(24-17)16-19-9-11-27-16/h1-6,9-11H,7-8H2,(H,20,23,24)(H2,21,22,25). The van der Waals surface area contributed by atoms with Crippen LogP contribution in [-0.2, 0) is 0 Å². The average molecular weight is 397 g/mol. The molecule has 7 nitrogen and oxygen atoms in total. The Labute approximate surface area is 163 Å². The number of nitrogens with one attached hydrogen (secondary N) is 3. The van der Waals surface area contributed by atoms with Gasteiger partial charge < -0.3 is 16.0 Å². The molecule has 0 bridgehead atoms. The number of rotatable bonds is 6. The number of aromatic nitrogens is 3. The van der Waals surface area contributed by atoms with Crippen molar-refractivity contribution in [2.24, 2.45) is 0 Å². The van der Waals surface area contributed by atoms with E-state index in [4.69, 9.17) is 0 Å². The molecular weight excluding hydrogens is 380 g/mol. The Morgan fingerprint density at radius 3 is 2.70 bits per heavy atom. The molecule has 4 rings (SSSR count). The number of amides is 2. The summed E-state index contributed by atoms with van der Waals surface area (Å²) in [4.78, 5) is 25.4. The maximum atomic E-state index is 11.9. The van der Waals surface area contributed by atoms with Gasteiger partial charge in [-0.1, -0.05) is 18.2 Å². The van der Waals surface area contributed by atoms with E-state index in [1.165, 1.54) is 0 Å². The second-order valence-corrected chi connectivity index (χ2v) is 7.35. The molecule has 3 N–H and O–H groups in total. The Morgan fingerprint density at radius 1 is 1.00 bits per heavy atom. The van der Waals surface area contributed by atoms with Crippen LogP contribution in [0.4, 0.5) is 16.4 Å². The van der Waals surface area contributed by atoms with E-state index < -0.39 is 0 Å². The van der Waals surface area contributed by atoms with Crippen molar-refractivity contribution >= 4 is 50.6 Å². The number of nitrogens with zero attached hydrogens (tertiary/aromatic N) is 3. The van der Waals surface area contributed by atoms with Crippen LogP contribution in [0.15, 0.2) is 53.4 Å². The van der Waals surface area contributed by atoms with Crippen molar-refractivity contribution in [2.45, 2.75) is 0 Å². The lowest BCUT2D eigenvalue weighted by atomic mass is 10.3. The fourth-order valence-electron chi connectivity index (χ4n) is 2.48. The van der Waals surface area contributed by atoms with Gasteiger partial charge in [-0.05, 0) is 23.6 Å². The van der Waals surface area contributed by atoms with Crippen molar-refractivity contribution in [1.29, 1.82) is 0 Å². The SMILES string of the molecule is O=C(NCCNc1nc(-c2nccs2)c2sccc2n1)Nc1ccccc1. The molecule has 2 amide bonds. The molecule has 9 heteroatoms. The van der Waals surface area contributed by atoms with E-state index in [0.29, 0.717) is 19.0 Å². The Hall–Kier alpha value is -3.04. The Bertz CT molecular complexity index is 1030. The molecule has 0 saturated heterocycles. The number of carbonyl (C=O) groups is 1. The van der Waals surface area contributed by atoms with Gasteiger partial charge in [-0.2, -0.15) is 0 Å². The summed E-state index contributed by atoms with van der Waals surface area (Å²) >= 11 is 3.15. The van der Waals surface area contributed by atoms with E-state index in [2.05, 4.69) is 30.9 Å². The number of hydrogen-bond donors (Lipinski definition) is 3. The first-order valence-corrected chi connectivity index (χ1v) is 10.0. The first-order valence-electron chi connectivity index (χ1n) is 8.28. The van der Waals surface area contributed by atoms with Gasteiger partial charge in [0.05, 0.1) is 10.2 Å². The third-order valence-corrected chi connectivity index (χ3v) is 5.35. The summed E-state index contributed by atoms with van der Waals surface area (Å²) in [6.45, 7) is 0.950. The van der Waals surface area contributed by atoms with Gasteiger partial charge in [0, 0.05) is 30.4 Å². The summed E-state index contributed by atoms with van der Waals surface area (Å²) in [7, 11) is 0. The molecule has 0 aliphatic rings. The maximum absolute atomic E-state index is 11.9. The highest BCUT2D eigenvalue weighted by Gasteiger charge is 2.13. The Kier molecular flexibility index (Phi) is 5.22. The summed E-state index contributed by atoms with van der Waals surface area (Å²) in [6.07, 6.45) is 1.77. The number of benzene rings is 1. The third-order valence-electron chi connectivity index (χ3n) is 3.66. The molecule has 3 heterocycles. The number of fused-ring (bicyclic) bond motifs is 1. The van der Waals surface area contributed by atoms with Crippen molar-refractivity contribution in [3.05, 3.63) is 53.4 Å². The van der Waals surface area contributed by atoms with Gasteiger partial charge in [0.2, 0.25) is 5.95 Å². The lowest BCUT2D eigenvalue weighted by Gasteiger charge is -2.09. The monoisotopic (exact) mass is 396 g/mol. The number of anilines is 2. The molecule has 0 aliphatic heterocycles. The molecule has 0 radical (unpaired) electrons. The minimum atomic E-state index is -0.249. The molecule has 0 atom stereocenters. The number of thiazole rings is 1. The fourth-order valence-corrected chi connectivity index (χ4v) is 3.99. The minimum Gasteiger partial charge on any atom is -0.352 e. The zero-order valence-corrected chi connectivity index (χ0v) is 15.8. The minimum absolute atomic E-state index is 0.249. The van der Waals surface area contributed by atoms with Crippen molar-refractivity contribution < 1.29 is 4.79 Å². The van der Waals surface area contributed by atoms with Gasteiger partial charge in [0.15, 0.2) is 0 Å². The van der Waals surface area contributed by atoms with Gasteiger partial charge in [0.25, 0.3) is 0 Å². The van der Waals surface area contributed by atoms with Crippen LogP contribution in [0.2, 0.25) is 0 Å². The molecule has 0 unspecified atom stereocenters. The van der Waals surface area contributed by atoms with Crippen molar-refractivity contribution in [3.8, 4) is 10.7 Å². The average Bonchev–Trinajstić information content (AvgIpc) is 3.37. The summed E-state index contributed by atoms with van der Waals surface area (Å²) < 4.78 is 1.02. The normalized spacial score (nSPS) is 10.7. The lowest BCUT2D eigenvalue weighted by Crippen LogP contribution is -2.32. The number of hydrogen-bond acceptors (Lipinski definition) is 7. The number of urea groups is 1. The highest BCUT2D eigenvalue weighted by molar-refractivity contribution is 7.18. The first kappa shape index (κ1) is 17.4. The zero-order chi connectivity index (χ0) is 18.5. The van der Waals surface area contributed by atoms with E-state index in [1.807, 2.05) is 47.2 Å². The highest BCUT2D eigenvalue weighted by atomic mass is 32.1. The summed E-state index contributed by atoms with van der Waals surface area (Å²) in [6, 6.07) is 11.0. The summed E-state index contributed by atoms with van der Waals surface area (Å²) in [5.74, 6) is 0.524. The van der Waals surface area contributed by atoms with Crippen molar-refractivity contribution in [3.63, 3.8) is 0 Å². The Morgan fingerprint density at radius 2 is 1.89 bits per heavy atom. The molecule has 27 heavy (non-hydrogen) atoms. The largest absolute Gasteiger partial charge is 0.352 e. The third kappa shape index (κ3) is 4.21. The molecule has 0 aliphatic carbocycles. The van der Waals surface area contributed by atoms with E-state index >= 15 is 0 Å². The number of para-hydroxylation sites is 1. The second-order valence-electron chi connectivity index (χ2n) is 5.54. The predicted octanol–water partition coefficient (Wildman–Crippen LogP) is 4.05. The van der Waals surface area contributed by atoms with Crippen LogP contribution in [0, 0.1) is 0 Å². The van der Waals surface area contributed by atoms with E-state index in [-0.39, 0.29) is 6.03 Å².